The molecule has 3 fully saturated rings. The summed E-state index contributed by atoms with van der Waals surface area (Å²) in [5, 5.41) is 0. The molecule has 224 valence electrons. The minimum absolute atomic E-state index is 0.265. The molecule has 38 heavy (non-hydrogen) atoms. The third kappa shape index (κ3) is 8.80. The third-order valence-electron chi connectivity index (χ3n) is 10.5. The van der Waals surface area contributed by atoms with Gasteiger partial charge >= 0.3 is 8.80 Å². The molecule has 9 unspecified atom stereocenters. The first kappa shape index (κ1) is 32.6. The second kappa shape index (κ2) is 14.3. The van der Waals surface area contributed by atoms with Crippen molar-refractivity contribution in [2.45, 2.75) is 158 Å². The molecule has 9 atom stereocenters. The van der Waals surface area contributed by atoms with Crippen LogP contribution < -0.4 is 0 Å². The van der Waals surface area contributed by atoms with Crippen LogP contribution in [0.3, 0.4) is 0 Å². The Bertz CT molecular complexity index is 608. The molecule has 0 saturated heterocycles. The lowest BCUT2D eigenvalue weighted by Gasteiger charge is -2.48. The van der Waals surface area contributed by atoms with Gasteiger partial charge in [0.1, 0.15) is 0 Å². The highest BCUT2D eigenvalue weighted by atomic mass is 28.4. The van der Waals surface area contributed by atoms with Crippen molar-refractivity contribution < 1.29 is 13.3 Å². The molecule has 4 heteroatoms. The highest BCUT2D eigenvalue weighted by Crippen LogP contribution is 2.44. The van der Waals surface area contributed by atoms with Crippen molar-refractivity contribution >= 4 is 8.80 Å². The maximum absolute atomic E-state index is 7.56. The van der Waals surface area contributed by atoms with E-state index in [1.165, 1.54) is 38.5 Å². The Morgan fingerprint density at radius 1 is 0.500 bits per heavy atom. The minimum atomic E-state index is -2.97. The van der Waals surface area contributed by atoms with Crippen LogP contribution in [0.2, 0.25) is 6.04 Å². The summed E-state index contributed by atoms with van der Waals surface area (Å²) in [5.41, 5.74) is 0. The summed E-state index contributed by atoms with van der Waals surface area (Å²) in [6, 6.07) is 0.952. The Kier molecular flexibility index (Phi) is 12.3. The van der Waals surface area contributed by atoms with E-state index in [0.717, 1.165) is 43.1 Å². The smallest absolute Gasteiger partial charge is 0.370 e. The molecule has 3 aliphatic rings. The van der Waals surface area contributed by atoms with Crippen LogP contribution in [0.1, 0.15) is 134 Å². The van der Waals surface area contributed by atoms with E-state index in [4.69, 9.17) is 13.3 Å². The molecule has 0 aromatic heterocycles. The lowest BCUT2D eigenvalue weighted by molar-refractivity contribution is -0.0966. The fourth-order valence-electron chi connectivity index (χ4n) is 8.17. The van der Waals surface area contributed by atoms with E-state index in [2.05, 4.69) is 76.2 Å². The van der Waals surface area contributed by atoms with E-state index in [1.54, 1.807) is 0 Å². The van der Waals surface area contributed by atoms with E-state index in [1.807, 2.05) is 0 Å². The quantitative estimate of drug-likeness (QED) is 0.240. The molecule has 0 aromatic rings. The van der Waals surface area contributed by atoms with E-state index in [0.29, 0.717) is 41.4 Å². The van der Waals surface area contributed by atoms with Crippen molar-refractivity contribution in [3.05, 3.63) is 0 Å². The van der Waals surface area contributed by atoms with E-state index >= 15 is 0 Å². The van der Waals surface area contributed by atoms with Gasteiger partial charge in [-0.3, -0.25) is 0 Å². The zero-order valence-corrected chi connectivity index (χ0v) is 28.3. The lowest BCUT2D eigenvalue weighted by atomic mass is 9.75. The molecular formula is C34H66O3Si. The molecule has 3 rings (SSSR count). The average Bonchev–Trinajstić information content (AvgIpc) is 2.78. The Morgan fingerprint density at radius 2 is 0.789 bits per heavy atom. The first-order chi connectivity index (χ1) is 17.8. The molecule has 0 aliphatic heterocycles. The van der Waals surface area contributed by atoms with E-state index < -0.39 is 8.80 Å². The van der Waals surface area contributed by atoms with Crippen LogP contribution in [0.4, 0.5) is 0 Å². The largest absolute Gasteiger partial charge is 0.501 e. The predicted molar refractivity (Wildman–Crippen MR) is 164 cm³/mol. The van der Waals surface area contributed by atoms with Gasteiger partial charge in [-0.25, -0.2) is 0 Å². The van der Waals surface area contributed by atoms with E-state index in [-0.39, 0.29) is 18.3 Å². The van der Waals surface area contributed by atoms with Crippen molar-refractivity contribution in [3.8, 4) is 0 Å². The van der Waals surface area contributed by atoms with E-state index in [9.17, 15) is 0 Å². The molecule has 0 radical (unpaired) electrons. The SMILES string of the molecule is CC(C)C[Si](OC1CC(C)CCC1C(C)C)(OC1CC(C)CCC1C(C)C)OC1CC(C)CCC1C(C)C. The molecule has 0 amide bonds. The molecular weight excluding hydrogens is 484 g/mol. The van der Waals surface area contributed by atoms with Gasteiger partial charge in [-0.15, -0.1) is 0 Å². The highest BCUT2D eigenvalue weighted by Gasteiger charge is 2.52. The summed E-state index contributed by atoms with van der Waals surface area (Å²) in [6.07, 6.45) is 12.1. The summed E-state index contributed by atoms with van der Waals surface area (Å²) >= 11 is 0. The zero-order valence-electron chi connectivity index (χ0n) is 27.3. The molecule has 3 saturated carbocycles. The number of hydrogen-bond donors (Lipinski definition) is 0. The van der Waals surface area contributed by atoms with Crippen LogP contribution in [0.15, 0.2) is 0 Å². The van der Waals surface area contributed by atoms with Gasteiger partial charge in [-0.1, -0.05) is 95.4 Å². The van der Waals surface area contributed by atoms with Crippen molar-refractivity contribution in [3.63, 3.8) is 0 Å². The molecule has 0 spiro atoms. The molecule has 0 N–H and O–H groups in total. The number of hydrogen-bond acceptors (Lipinski definition) is 3. The van der Waals surface area contributed by atoms with Crippen LogP contribution in [0.25, 0.3) is 0 Å². The van der Waals surface area contributed by atoms with Gasteiger partial charge in [0.05, 0.1) is 18.3 Å². The van der Waals surface area contributed by atoms with Crippen LogP contribution in [-0.4, -0.2) is 27.1 Å². The normalized spacial score (nSPS) is 38.8. The molecule has 0 aromatic carbocycles. The van der Waals surface area contributed by atoms with Crippen molar-refractivity contribution in [1.29, 1.82) is 0 Å². The Balaban J connectivity index is 2.02. The van der Waals surface area contributed by atoms with Gasteiger partial charge in [0.2, 0.25) is 0 Å². The van der Waals surface area contributed by atoms with Crippen LogP contribution in [-0.2, 0) is 13.3 Å². The van der Waals surface area contributed by atoms with Crippen LogP contribution >= 0.6 is 0 Å². The van der Waals surface area contributed by atoms with Crippen LogP contribution in [0, 0.1) is 59.2 Å². The second-order valence-electron chi connectivity index (χ2n) is 15.7. The summed E-state index contributed by atoms with van der Waals surface area (Å²) < 4.78 is 22.7. The fraction of sp³-hybridized carbons (Fsp3) is 1.00. The average molecular weight is 551 g/mol. The topological polar surface area (TPSA) is 27.7 Å². The maximum atomic E-state index is 7.56. The van der Waals surface area contributed by atoms with Crippen molar-refractivity contribution in [2.75, 3.05) is 0 Å². The number of rotatable bonds is 11. The Hall–Kier alpha value is 0.0969. The monoisotopic (exact) mass is 550 g/mol. The maximum Gasteiger partial charge on any atom is 0.501 e. The standard InChI is InChI=1S/C34H66O3Si/c1-22(2)21-38(35-32-18-26(9)12-15-29(32)23(3)4,36-33-19-27(10)13-16-30(33)24(5)6)37-34-20-28(11)14-17-31(34)25(7)8/h22-34H,12-21H2,1-11H3. The minimum Gasteiger partial charge on any atom is -0.370 e. The first-order valence-corrected chi connectivity index (χ1v) is 18.8. The van der Waals surface area contributed by atoms with Crippen molar-refractivity contribution in [2.24, 2.45) is 59.2 Å². The predicted octanol–water partition coefficient (Wildman–Crippen LogP) is 10.0. The van der Waals surface area contributed by atoms with Gasteiger partial charge < -0.3 is 13.3 Å². The molecule has 0 bridgehead atoms. The molecule has 0 heterocycles. The summed E-state index contributed by atoms with van der Waals surface area (Å²) in [4.78, 5) is 0. The summed E-state index contributed by atoms with van der Waals surface area (Å²) in [5.74, 6) is 6.38. The Morgan fingerprint density at radius 3 is 1.03 bits per heavy atom. The summed E-state index contributed by atoms with van der Waals surface area (Å²) in [6.45, 7) is 26.4. The van der Waals surface area contributed by atoms with Gasteiger partial charge in [0, 0.05) is 6.04 Å². The lowest BCUT2D eigenvalue weighted by Crippen LogP contribution is -2.58. The van der Waals surface area contributed by atoms with Gasteiger partial charge in [0.15, 0.2) is 0 Å². The zero-order chi connectivity index (χ0) is 28.2. The van der Waals surface area contributed by atoms with Gasteiger partial charge in [-0.2, -0.15) is 0 Å². The Labute approximate surface area is 239 Å². The fourth-order valence-corrected chi connectivity index (χ4v) is 11.8. The second-order valence-corrected chi connectivity index (χ2v) is 18.2. The third-order valence-corrected chi connectivity index (χ3v) is 13.8. The summed E-state index contributed by atoms with van der Waals surface area (Å²) in [7, 11) is -2.97. The molecule has 3 nitrogen and oxygen atoms in total. The first-order valence-electron chi connectivity index (χ1n) is 16.8. The van der Waals surface area contributed by atoms with Crippen molar-refractivity contribution in [1.82, 2.24) is 0 Å². The molecule has 3 aliphatic carbocycles. The highest BCUT2D eigenvalue weighted by molar-refractivity contribution is 6.61. The van der Waals surface area contributed by atoms with Crippen LogP contribution in [0.5, 0.6) is 0 Å². The van der Waals surface area contributed by atoms with Gasteiger partial charge in [0.25, 0.3) is 0 Å². The van der Waals surface area contributed by atoms with Gasteiger partial charge in [-0.05, 0) is 97.7 Å².